The molecule has 3 aromatic carbocycles. The van der Waals surface area contributed by atoms with E-state index in [4.69, 9.17) is 9.52 Å². The summed E-state index contributed by atoms with van der Waals surface area (Å²) in [5.41, 5.74) is 1.94. The van der Waals surface area contributed by atoms with Gasteiger partial charge in [-0.25, -0.2) is 4.39 Å². The average Bonchev–Trinajstić information content (AvgIpc) is 3.41. The van der Waals surface area contributed by atoms with E-state index in [9.17, 15) is 9.00 Å². The van der Waals surface area contributed by atoms with Crippen LogP contribution in [0.5, 0.6) is 11.5 Å². The van der Waals surface area contributed by atoms with Gasteiger partial charge in [-0.1, -0.05) is 59.5 Å². The van der Waals surface area contributed by atoms with Crippen LogP contribution in [0.3, 0.4) is 0 Å². The molecule has 2 aromatic heterocycles. The molecule has 41 heavy (non-hydrogen) atoms. The zero-order chi connectivity index (χ0) is 29.6. The quantitative estimate of drug-likeness (QED) is 0.200. The van der Waals surface area contributed by atoms with Gasteiger partial charge in [-0.15, -0.1) is 0 Å². The van der Waals surface area contributed by atoms with Crippen LogP contribution in [0.1, 0.15) is 34.8 Å². The smallest absolute Gasteiger partial charge is 0.228 e. The zero-order valence-corrected chi connectivity index (χ0v) is 24.0. The fourth-order valence-corrected chi connectivity index (χ4v) is 4.39. The van der Waals surface area contributed by atoms with Gasteiger partial charge in [0, 0.05) is 20.6 Å². The Kier molecular flexibility index (Phi) is 9.14. The number of hydrogen-bond acceptors (Lipinski definition) is 7. The fourth-order valence-electron chi connectivity index (χ4n) is 3.98. The van der Waals surface area contributed by atoms with E-state index in [1.54, 1.807) is 54.3 Å². The maximum atomic E-state index is 15.1. The molecule has 0 radical (unpaired) electrons. The van der Waals surface area contributed by atoms with E-state index in [0.29, 0.717) is 38.4 Å². The van der Waals surface area contributed by atoms with Crippen molar-refractivity contribution in [2.24, 2.45) is 0 Å². The molecule has 0 spiro atoms. The number of ether oxygens (including phenoxy) is 1. The highest BCUT2D eigenvalue weighted by Gasteiger charge is 2.17. The molecule has 0 aliphatic carbocycles. The van der Waals surface area contributed by atoms with Crippen LogP contribution in [-0.2, 0) is 31.6 Å². The van der Waals surface area contributed by atoms with E-state index in [0.717, 1.165) is 0 Å². The number of carbonyl (C=O) groups is 1. The number of aryl methyl sites for hydroxylation is 1. The topological polar surface area (TPSA) is 110 Å². The number of anilines is 1. The standard InChI is InChI=1S/C25H25FN5O3S.C6H6.2H2/c1-15-9-16(11-23(32)30-17-13-29-31(14-17)25(2,3)4)10-20(26)24(15)34-22-7-8-28-21-6-5-18(35(27)33)12-19(21)22;1-2-4-6-5-3-1;;/h5-10,12-14,27H,11H2,1-4H3,(H,30,32);1-6H;2*1H/q-1;;;. The molecule has 2 heterocycles. The van der Waals surface area contributed by atoms with Gasteiger partial charge in [0.2, 0.25) is 5.91 Å². The van der Waals surface area contributed by atoms with Gasteiger partial charge in [0.25, 0.3) is 0 Å². The highest BCUT2D eigenvalue weighted by atomic mass is 32.2. The number of fused-ring (bicyclic) bond motifs is 1. The van der Waals surface area contributed by atoms with Gasteiger partial charge in [-0.05, 0) is 57.0 Å². The Hall–Kier alpha value is -4.57. The molecule has 8 nitrogen and oxygen atoms in total. The molecule has 0 unspecified atom stereocenters. The number of amides is 1. The molecule has 0 saturated carbocycles. The van der Waals surface area contributed by atoms with E-state index >= 15 is 4.39 Å². The second-order valence-electron chi connectivity index (χ2n) is 10.3. The van der Waals surface area contributed by atoms with E-state index in [2.05, 4.69) is 15.4 Å². The average molecular weight is 577 g/mol. The molecule has 0 atom stereocenters. The minimum absolute atomic E-state index is 0. The van der Waals surface area contributed by atoms with Gasteiger partial charge in [0.1, 0.15) is 5.75 Å². The lowest BCUT2D eigenvalue weighted by molar-refractivity contribution is -0.115. The minimum Gasteiger partial charge on any atom is -0.453 e. The second kappa shape index (κ2) is 12.7. The summed E-state index contributed by atoms with van der Waals surface area (Å²) in [6.07, 6.45) is 4.84. The third-order valence-electron chi connectivity index (χ3n) is 5.97. The molecule has 0 saturated heterocycles. The van der Waals surface area contributed by atoms with E-state index < -0.39 is 16.4 Å². The summed E-state index contributed by atoms with van der Waals surface area (Å²) in [6.45, 7) is 7.71. The number of benzene rings is 3. The van der Waals surface area contributed by atoms with Crippen molar-refractivity contribution in [3.8, 4) is 11.5 Å². The Morgan fingerprint density at radius 2 is 1.78 bits per heavy atom. The lowest BCUT2D eigenvalue weighted by Crippen LogP contribution is -2.22. The van der Waals surface area contributed by atoms with Crippen LogP contribution in [0.2, 0.25) is 0 Å². The molecule has 0 bridgehead atoms. The molecule has 5 rings (SSSR count). The lowest BCUT2D eigenvalue weighted by Gasteiger charge is -2.18. The molecular formula is C31H35FN5O3S-. The van der Waals surface area contributed by atoms with Crippen LogP contribution in [0.15, 0.2) is 96.3 Å². The highest BCUT2D eigenvalue weighted by Crippen LogP contribution is 2.34. The lowest BCUT2D eigenvalue weighted by atomic mass is 10.1. The third-order valence-corrected chi connectivity index (χ3v) is 6.66. The molecule has 5 aromatic rings. The van der Waals surface area contributed by atoms with Gasteiger partial charge < -0.3 is 19.0 Å². The SMILES string of the molecule is Cc1cc(CC(=O)Nc2cnn(C(C)(C)C)c2)cc(F)c1Oc1ccnc2ccc([S-](=N)=O)cc12.[HH].[HH].c1ccccc1. The van der Waals surface area contributed by atoms with Crippen molar-refractivity contribution in [2.45, 2.75) is 44.6 Å². The number of pyridine rings is 1. The summed E-state index contributed by atoms with van der Waals surface area (Å²) in [4.78, 5) is 17.1. The Balaban J connectivity index is 0.000000720. The van der Waals surface area contributed by atoms with E-state index in [1.807, 2.05) is 57.2 Å². The first-order valence-corrected chi connectivity index (χ1v) is 14.0. The first kappa shape index (κ1) is 29.4. The van der Waals surface area contributed by atoms with Crippen LogP contribution in [0.25, 0.3) is 10.9 Å². The minimum atomic E-state index is -1.93. The predicted octanol–water partition coefficient (Wildman–Crippen LogP) is 7.87. The summed E-state index contributed by atoms with van der Waals surface area (Å²) >= 11 is 0. The number of halogens is 1. The number of carbonyl (C=O) groups excluding carboxylic acids is 1. The van der Waals surface area contributed by atoms with Crippen LogP contribution in [-0.4, -0.2) is 20.7 Å². The van der Waals surface area contributed by atoms with Crippen LogP contribution >= 0.6 is 0 Å². The molecular weight excluding hydrogens is 541 g/mol. The first-order chi connectivity index (χ1) is 19.5. The van der Waals surface area contributed by atoms with E-state index in [1.165, 1.54) is 12.3 Å². The number of nitrogens with one attached hydrogen (secondary N) is 2. The number of aromatic nitrogens is 3. The van der Waals surface area contributed by atoms with Crippen molar-refractivity contribution in [1.82, 2.24) is 14.8 Å². The van der Waals surface area contributed by atoms with Crippen molar-refractivity contribution >= 4 is 33.1 Å². The van der Waals surface area contributed by atoms with Gasteiger partial charge in [-0.3, -0.25) is 14.5 Å². The Morgan fingerprint density at radius 3 is 2.37 bits per heavy atom. The largest absolute Gasteiger partial charge is 0.453 e. The van der Waals surface area contributed by atoms with Crippen molar-refractivity contribution in [3.05, 3.63) is 108 Å². The fraction of sp³-hybridized carbons (Fsp3) is 0.194. The van der Waals surface area contributed by atoms with E-state index in [-0.39, 0.29) is 26.5 Å². The predicted molar refractivity (Wildman–Crippen MR) is 162 cm³/mol. The van der Waals surface area contributed by atoms with Crippen LogP contribution in [0, 0.1) is 17.5 Å². The van der Waals surface area contributed by atoms with Gasteiger partial charge in [0.05, 0.1) is 29.4 Å². The summed E-state index contributed by atoms with van der Waals surface area (Å²) < 4.78 is 41.7. The molecule has 0 fully saturated rings. The maximum Gasteiger partial charge on any atom is 0.228 e. The molecule has 1 amide bonds. The summed E-state index contributed by atoms with van der Waals surface area (Å²) in [6, 6.07) is 21.3. The summed E-state index contributed by atoms with van der Waals surface area (Å²) in [5.74, 6) is -0.559. The van der Waals surface area contributed by atoms with Gasteiger partial charge in [-0.2, -0.15) is 15.7 Å². The van der Waals surface area contributed by atoms with Crippen molar-refractivity contribution in [2.75, 3.05) is 5.32 Å². The van der Waals surface area contributed by atoms with Gasteiger partial charge in [0.15, 0.2) is 11.6 Å². The number of hydrogen-bond donors (Lipinski definition) is 2. The van der Waals surface area contributed by atoms with Crippen molar-refractivity contribution in [3.63, 3.8) is 0 Å². The number of nitrogens with zero attached hydrogens (tertiary/aromatic N) is 3. The monoisotopic (exact) mass is 576 g/mol. The summed E-state index contributed by atoms with van der Waals surface area (Å²) in [5, 5.41) is 7.56. The third kappa shape index (κ3) is 7.76. The zero-order valence-electron chi connectivity index (χ0n) is 23.2. The Labute approximate surface area is 243 Å². The number of rotatable bonds is 6. The Bertz CT molecular complexity index is 1700. The van der Waals surface area contributed by atoms with Crippen LogP contribution in [0.4, 0.5) is 10.1 Å². The van der Waals surface area contributed by atoms with Gasteiger partial charge >= 0.3 is 0 Å². The Morgan fingerprint density at radius 1 is 1.10 bits per heavy atom. The van der Waals surface area contributed by atoms with Crippen molar-refractivity contribution < 1.29 is 21.0 Å². The molecule has 0 aliphatic rings. The second-order valence-corrected chi connectivity index (χ2v) is 11.3. The maximum absolute atomic E-state index is 15.1. The molecule has 2 N–H and O–H groups in total. The van der Waals surface area contributed by atoms with Crippen molar-refractivity contribution in [1.29, 1.82) is 4.78 Å². The normalized spacial score (nSPS) is 11.2. The molecule has 0 aliphatic heterocycles. The van der Waals surface area contributed by atoms with Crippen LogP contribution < -0.4 is 10.1 Å². The summed E-state index contributed by atoms with van der Waals surface area (Å²) in [7, 11) is -1.93. The molecule has 216 valence electrons. The highest BCUT2D eigenvalue weighted by molar-refractivity contribution is 7.73. The molecule has 10 heteroatoms. The first-order valence-electron chi connectivity index (χ1n) is 12.8.